The Hall–Kier alpha value is -1.62. The van der Waals surface area contributed by atoms with Crippen LogP contribution in [0.4, 0.5) is 0 Å². The van der Waals surface area contributed by atoms with Crippen molar-refractivity contribution >= 4 is 23.5 Å². The maximum atomic E-state index is 12.4. The number of aromatic nitrogens is 1. The largest absolute Gasteiger partial charge is 0.465 e. The molecule has 1 aromatic rings. The molecule has 0 bridgehead atoms. The molecule has 0 atom stereocenters. The summed E-state index contributed by atoms with van der Waals surface area (Å²) in [5.41, 5.74) is 0.339. The third-order valence-corrected chi connectivity index (χ3v) is 2.80. The number of ether oxygens (including phenoxy) is 1. The van der Waals surface area contributed by atoms with Gasteiger partial charge in [0.15, 0.2) is 0 Å². The first-order valence-electron chi connectivity index (χ1n) is 6.50. The van der Waals surface area contributed by atoms with Gasteiger partial charge in [-0.1, -0.05) is 25.4 Å². The van der Waals surface area contributed by atoms with E-state index in [4.69, 9.17) is 16.3 Å². The van der Waals surface area contributed by atoms with E-state index in [0.717, 1.165) is 0 Å². The highest BCUT2D eigenvalue weighted by Crippen LogP contribution is 2.16. The molecule has 1 aromatic heterocycles. The molecule has 0 aliphatic carbocycles. The number of halogens is 1. The molecule has 0 radical (unpaired) electrons. The fraction of sp³-hybridized carbons (Fsp3) is 0.500. The van der Waals surface area contributed by atoms with Crippen molar-refractivity contribution in [3.63, 3.8) is 0 Å². The Bertz CT molecular complexity index is 477. The second-order valence-corrected chi connectivity index (χ2v) is 5.15. The Morgan fingerprint density at radius 2 is 2.15 bits per heavy atom. The average Bonchev–Trinajstić information content (AvgIpc) is 2.37. The summed E-state index contributed by atoms with van der Waals surface area (Å²) in [6.45, 7) is 6.34. The molecule has 0 saturated heterocycles. The van der Waals surface area contributed by atoms with Gasteiger partial charge >= 0.3 is 5.97 Å². The maximum Gasteiger partial charge on any atom is 0.325 e. The average molecular weight is 299 g/mol. The molecular weight excluding hydrogens is 280 g/mol. The van der Waals surface area contributed by atoms with Gasteiger partial charge in [-0.3, -0.25) is 14.6 Å². The van der Waals surface area contributed by atoms with Crippen LogP contribution in [-0.4, -0.2) is 41.5 Å². The molecule has 1 heterocycles. The molecule has 0 unspecified atom stereocenters. The lowest BCUT2D eigenvalue weighted by molar-refractivity contribution is -0.143. The Kier molecular flexibility index (Phi) is 6.45. The van der Waals surface area contributed by atoms with Crippen molar-refractivity contribution in [1.82, 2.24) is 9.88 Å². The molecule has 0 spiro atoms. The van der Waals surface area contributed by atoms with Gasteiger partial charge in [0.25, 0.3) is 5.91 Å². The molecule has 0 aromatic carbocycles. The topological polar surface area (TPSA) is 59.5 Å². The summed E-state index contributed by atoms with van der Waals surface area (Å²) in [6, 6.07) is 1.54. The Morgan fingerprint density at radius 3 is 2.70 bits per heavy atom. The van der Waals surface area contributed by atoms with Crippen LogP contribution in [0, 0.1) is 5.92 Å². The number of pyridine rings is 1. The standard InChI is InChI=1S/C14H19ClN2O3/c1-4-20-13(18)9-17(8-10(2)3)14(19)11-5-6-16-7-12(11)15/h5-7,10H,4,8-9H2,1-3H3. The van der Waals surface area contributed by atoms with Crippen LogP contribution in [-0.2, 0) is 9.53 Å². The maximum absolute atomic E-state index is 12.4. The van der Waals surface area contributed by atoms with Crippen molar-refractivity contribution in [2.75, 3.05) is 19.7 Å². The van der Waals surface area contributed by atoms with Crippen LogP contribution in [0.2, 0.25) is 5.02 Å². The van der Waals surface area contributed by atoms with E-state index in [9.17, 15) is 9.59 Å². The van der Waals surface area contributed by atoms with E-state index in [1.165, 1.54) is 17.3 Å². The molecule has 0 aliphatic rings. The van der Waals surface area contributed by atoms with Crippen molar-refractivity contribution in [3.05, 3.63) is 29.0 Å². The first kappa shape index (κ1) is 16.4. The summed E-state index contributed by atoms with van der Waals surface area (Å²) in [6.07, 6.45) is 2.91. The fourth-order valence-electron chi connectivity index (χ4n) is 1.74. The Morgan fingerprint density at radius 1 is 1.45 bits per heavy atom. The zero-order chi connectivity index (χ0) is 15.1. The summed E-state index contributed by atoms with van der Waals surface area (Å²) in [4.78, 5) is 29.3. The minimum absolute atomic E-state index is 0.0799. The van der Waals surface area contributed by atoms with Crippen molar-refractivity contribution in [3.8, 4) is 0 Å². The summed E-state index contributed by atoms with van der Waals surface area (Å²) in [5.74, 6) is -0.486. The molecule has 1 amide bonds. The Labute approximate surface area is 123 Å². The van der Waals surface area contributed by atoms with E-state index >= 15 is 0 Å². The molecule has 0 aliphatic heterocycles. The highest BCUT2D eigenvalue weighted by Gasteiger charge is 2.22. The Balaban J connectivity index is 2.90. The molecule has 20 heavy (non-hydrogen) atoms. The number of amides is 1. The van der Waals surface area contributed by atoms with E-state index in [1.54, 1.807) is 13.0 Å². The summed E-state index contributed by atoms with van der Waals surface area (Å²) in [5, 5.41) is 0.273. The van der Waals surface area contributed by atoms with Gasteiger partial charge in [-0.25, -0.2) is 0 Å². The van der Waals surface area contributed by atoms with Gasteiger partial charge in [0.2, 0.25) is 0 Å². The molecule has 1 rings (SSSR count). The number of carbonyl (C=O) groups excluding carboxylic acids is 2. The van der Waals surface area contributed by atoms with Gasteiger partial charge in [-0.2, -0.15) is 0 Å². The highest BCUT2D eigenvalue weighted by molar-refractivity contribution is 6.33. The molecule has 5 nitrogen and oxygen atoms in total. The van der Waals surface area contributed by atoms with Gasteiger partial charge in [-0.05, 0) is 18.9 Å². The van der Waals surface area contributed by atoms with Gasteiger partial charge in [0.05, 0.1) is 17.2 Å². The van der Waals surface area contributed by atoms with Gasteiger partial charge in [0, 0.05) is 18.9 Å². The van der Waals surface area contributed by atoms with Gasteiger partial charge in [0.1, 0.15) is 6.54 Å². The lowest BCUT2D eigenvalue weighted by Crippen LogP contribution is -2.39. The van der Waals surface area contributed by atoms with Crippen molar-refractivity contribution in [2.45, 2.75) is 20.8 Å². The number of nitrogens with zero attached hydrogens (tertiary/aromatic N) is 2. The summed E-state index contributed by atoms with van der Waals surface area (Å²) in [7, 11) is 0. The van der Waals surface area contributed by atoms with Gasteiger partial charge in [-0.15, -0.1) is 0 Å². The second kappa shape index (κ2) is 7.85. The summed E-state index contributed by atoms with van der Waals surface area (Å²) < 4.78 is 4.89. The first-order chi connectivity index (χ1) is 9.45. The molecule has 0 fully saturated rings. The normalized spacial score (nSPS) is 10.4. The van der Waals surface area contributed by atoms with E-state index in [0.29, 0.717) is 18.7 Å². The van der Waals surface area contributed by atoms with Crippen molar-refractivity contribution in [2.24, 2.45) is 5.92 Å². The smallest absolute Gasteiger partial charge is 0.325 e. The van der Waals surface area contributed by atoms with Crippen molar-refractivity contribution < 1.29 is 14.3 Å². The van der Waals surface area contributed by atoms with Crippen LogP contribution < -0.4 is 0 Å². The number of esters is 1. The number of hydrogen-bond donors (Lipinski definition) is 0. The predicted molar refractivity (Wildman–Crippen MR) is 76.6 cm³/mol. The van der Waals surface area contributed by atoms with E-state index in [1.807, 2.05) is 13.8 Å². The predicted octanol–water partition coefficient (Wildman–Crippen LogP) is 2.40. The van der Waals surface area contributed by atoms with E-state index < -0.39 is 5.97 Å². The quantitative estimate of drug-likeness (QED) is 0.757. The van der Waals surface area contributed by atoms with Gasteiger partial charge < -0.3 is 9.64 Å². The molecule has 0 N–H and O–H groups in total. The van der Waals surface area contributed by atoms with Crippen LogP contribution in [0.15, 0.2) is 18.5 Å². The van der Waals surface area contributed by atoms with E-state index in [2.05, 4.69) is 4.98 Å². The number of rotatable bonds is 6. The van der Waals surface area contributed by atoms with Crippen LogP contribution in [0.3, 0.4) is 0 Å². The van der Waals surface area contributed by atoms with E-state index in [-0.39, 0.29) is 23.4 Å². The van der Waals surface area contributed by atoms with Crippen LogP contribution in [0.25, 0.3) is 0 Å². The second-order valence-electron chi connectivity index (χ2n) is 4.74. The molecule has 110 valence electrons. The minimum atomic E-state index is -0.424. The van der Waals surface area contributed by atoms with Crippen LogP contribution in [0.5, 0.6) is 0 Å². The third-order valence-electron chi connectivity index (χ3n) is 2.50. The van der Waals surface area contributed by atoms with Crippen LogP contribution >= 0.6 is 11.6 Å². The minimum Gasteiger partial charge on any atom is -0.465 e. The SMILES string of the molecule is CCOC(=O)CN(CC(C)C)C(=O)c1ccncc1Cl. The number of carbonyl (C=O) groups is 2. The monoisotopic (exact) mass is 298 g/mol. The third kappa shape index (κ3) is 4.81. The zero-order valence-electron chi connectivity index (χ0n) is 11.9. The van der Waals surface area contributed by atoms with Crippen LogP contribution in [0.1, 0.15) is 31.1 Å². The molecule has 0 saturated carbocycles. The summed E-state index contributed by atoms with van der Waals surface area (Å²) >= 11 is 5.97. The lowest BCUT2D eigenvalue weighted by Gasteiger charge is -2.24. The fourth-order valence-corrected chi connectivity index (χ4v) is 1.94. The number of hydrogen-bond acceptors (Lipinski definition) is 4. The first-order valence-corrected chi connectivity index (χ1v) is 6.87. The van der Waals surface area contributed by atoms with Crippen molar-refractivity contribution in [1.29, 1.82) is 0 Å². The zero-order valence-corrected chi connectivity index (χ0v) is 12.7. The lowest BCUT2D eigenvalue weighted by atomic mass is 10.1. The molecular formula is C14H19ClN2O3. The highest BCUT2D eigenvalue weighted by atomic mass is 35.5. The molecule has 6 heteroatoms.